The minimum atomic E-state index is 0.963. The van der Waals surface area contributed by atoms with Gasteiger partial charge in [0, 0.05) is 0 Å². The van der Waals surface area contributed by atoms with E-state index in [4.69, 9.17) is 0 Å². The maximum Gasteiger partial charge on any atom is -0.00946 e. The van der Waals surface area contributed by atoms with Gasteiger partial charge >= 0.3 is 0 Å². The molecule has 0 aromatic rings. The third-order valence-corrected chi connectivity index (χ3v) is 1.74. The van der Waals surface area contributed by atoms with Crippen molar-refractivity contribution in [1.82, 2.24) is 0 Å². The summed E-state index contributed by atoms with van der Waals surface area (Å²) >= 11 is 0. The van der Waals surface area contributed by atoms with E-state index in [0.29, 0.717) is 0 Å². The minimum Gasteiger partial charge on any atom is -0.0882 e. The average molecular weight is 147 g/mol. The molecule has 0 nitrogen and oxygen atoms in total. The van der Waals surface area contributed by atoms with Gasteiger partial charge in [0.05, 0.1) is 0 Å². The average Bonchev–Trinajstić information content (AvgIpc) is 2.08. The summed E-state index contributed by atoms with van der Waals surface area (Å²) in [5.74, 6) is 0. The number of hydrogen-bond donors (Lipinski definition) is 0. The molecule has 0 heteroatoms. The van der Waals surface area contributed by atoms with Crippen LogP contribution in [0.2, 0.25) is 0 Å². The molecule has 1 aliphatic rings. The van der Waals surface area contributed by atoms with E-state index in [1.807, 2.05) is 6.08 Å². The van der Waals surface area contributed by atoms with Crippen molar-refractivity contribution >= 4 is 0 Å². The van der Waals surface area contributed by atoms with Crippen molar-refractivity contribution in [2.24, 2.45) is 0 Å². The molecule has 0 unspecified atom stereocenters. The van der Waals surface area contributed by atoms with Crippen LogP contribution >= 0.6 is 0 Å². The summed E-state index contributed by atoms with van der Waals surface area (Å²) in [5.41, 5.74) is 0. The first kappa shape index (κ1) is 8.32. The van der Waals surface area contributed by atoms with Gasteiger partial charge in [-0.15, -0.1) is 0 Å². The Morgan fingerprint density at radius 2 is 1.73 bits per heavy atom. The summed E-state index contributed by atoms with van der Waals surface area (Å²) in [4.78, 5) is 0. The molecular weight excluding hydrogens is 132 g/mol. The highest BCUT2D eigenvalue weighted by molar-refractivity contribution is 5.01. The highest BCUT2D eigenvalue weighted by Gasteiger charge is 1.83. The maximum atomic E-state index is 3.18. The summed E-state index contributed by atoms with van der Waals surface area (Å²) in [7, 11) is 0. The Bertz CT molecular complexity index is 161. The molecule has 0 aliphatic heterocycles. The van der Waals surface area contributed by atoms with E-state index >= 15 is 0 Å². The lowest BCUT2D eigenvalue weighted by atomic mass is 10.2. The summed E-state index contributed by atoms with van der Waals surface area (Å²) in [6, 6.07) is 0. The van der Waals surface area contributed by atoms with Crippen LogP contribution in [0.1, 0.15) is 32.1 Å². The summed E-state index contributed by atoms with van der Waals surface area (Å²) < 4.78 is 0. The molecule has 0 aromatic carbocycles. The van der Waals surface area contributed by atoms with Gasteiger partial charge < -0.3 is 0 Å². The van der Waals surface area contributed by atoms with Crippen molar-refractivity contribution in [3.05, 3.63) is 36.5 Å². The second-order valence-corrected chi connectivity index (χ2v) is 2.76. The van der Waals surface area contributed by atoms with Crippen LogP contribution in [0.5, 0.6) is 0 Å². The zero-order valence-electron chi connectivity index (χ0n) is 6.92. The molecule has 0 spiro atoms. The standard InChI is InChI=1S/C11H15/c1-2-4-6-8-10-11-9-7-5-3-1/h1-3,9,11H,4,6-8,10H2/b2-1+,5-3?,11-9+. The molecule has 0 heterocycles. The first-order valence-electron chi connectivity index (χ1n) is 4.37. The van der Waals surface area contributed by atoms with Crippen LogP contribution < -0.4 is 0 Å². The van der Waals surface area contributed by atoms with Gasteiger partial charge in [0.1, 0.15) is 0 Å². The fourth-order valence-corrected chi connectivity index (χ4v) is 1.09. The second kappa shape index (κ2) is 5.96. The summed E-state index contributed by atoms with van der Waals surface area (Å²) in [6.45, 7) is 0. The molecule has 0 saturated heterocycles. The smallest absolute Gasteiger partial charge is 0.00946 e. The molecular formula is C11H15. The van der Waals surface area contributed by atoms with Crippen LogP contribution in [0.15, 0.2) is 30.4 Å². The Morgan fingerprint density at radius 1 is 0.909 bits per heavy atom. The molecule has 0 saturated carbocycles. The lowest BCUT2D eigenvalue weighted by molar-refractivity contribution is 0.761. The Balaban J connectivity index is 2.35. The topological polar surface area (TPSA) is 0 Å². The van der Waals surface area contributed by atoms with Crippen LogP contribution in [-0.4, -0.2) is 0 Å². The quantitative estimate of drug-likeness (QED) is 0.460. The lowest BCUT2D eigenvalue weighted by Crippen LogP contribution is -1.71. The van der Waals surface area contributed by atoms with E-state index < -0.39 is 0 Å². The van der Waals surface area contributed by atoms with Crippen LogP contribution in [0.4, 0.5) is 0 Å². The van der Waals surface area contributed by atoms with Gasteiger partial charge in [0.25, 0.3) is 0 Å². The predicted molar refractivity (Wildman–Crippen MR) is 49.2 cm³/mol. The van der Waals surface area contributed by atoms with Crippen LogP contribution in [0, 0.1) is 6.08 Å². The third-order valence-electron chi connectivity index (χ3n) is 1.74. The highest BCUT2D eigenvalue weighted by atomic mass is 13.9. The summed E-state index contributed by atoms with van der Waals surface area (Å²) in [5, 5.41) is 0. The molecule has 1 rings (SSSR count). The van der Waals surface area contributed by atoms with Crippen molar-refractivity contribution in [1.29, 1.82) is 0 Å². The van der Waals surface area contributed by atoms with Crippen molar-refractivity contribution in [3.8, 4) is 0 Å². The van der Waals surface area contributed by atoms with Gasteiger partial charge in [0.15, 0.2) is 0 Å². The van der Waals surface area contributed by atoms with Crippen LogP contribution in [0.3, 0.4) is 0 Å². The molecule has 0 atom stereocenters. The van der Waals surface area contributed by atoms with Crippen molar-refractivity contribution < 1.29 is 0 Å². The molecule has 59 valence electrons. The summed E-state index contributed by atoms with van der Waals surface area (Å²) in [6.07, 6.45) is 20.0. The van der Waals surface area contributed by atoms with Crippen molar-refractivity contribution in [2.45, 2.75) is 32.1 Å². The fraction of sp³-hybridized carbons (Fsp3) is 0.455. The molecule has 0 bridgehead atoms. The van der Waals surface area contributed by atoms with Gasteiger partial charge in [-0.2, -0.15) is 0 Å². The molecule has 0 aromatic heterocycles. The van der Waals surface area contributed by atoms with Gasteiger partial charge in [-0.1, -0.05) is 30.4 Å². The van der Waals surface area contributed by atoms with E-state index in [9.17, 15) is 0 Å². The normalized spacial score (nSPS) is 28.4. The second-order valence-electron chi connectivity index (χ2n) is 2.76. The molecule has 1 radical (unpaired) electrons. The zero-order valence-corrected chi connectivity index (χ0v) is 6.92. The van der Waals surface area contributed by atoms with Gasteiger partial charge in [-0.3, -0.25) is 0 Å². The SMILES string of the molecule is [C]1=C\C=C\CCCC/C=C/C/1. The molecule has 0 N–H and O–H groups in total. The van der Waals surface area contributed by atoms with E-state index in [2.05, 4.69) is 30.4 Å². The first-order valence-corrected chi connectivity index (χ1v) is 4.37. The van der Waals surface area contributed by atoms with E-state index in [1.54, 1.807) is 0 Å². The van der Waals surface area contributed by atoms with Crippen LogP contribution in [-0.2, 0) is 0 Å². The Kier molecular flexibility index (Phi) is 4.51. The van der Waals surface area contributed by atoms with E-state index in [1.165, 1.54) is 25.7 Å². The Labute approximate surface area is 69.3 Å². The van der Waals surface area contributed by atoms with E-state index in [-0.39, 0.29) is 0 Å². The molecule has 0 amide bonds. The number of allylic oxidation sites excluding steroid dienone is 6. The van der Waals surface area contributed by atoms with Crippen LogP contribution in [0.25, 0.3) is 0 Å². The van der Waals surface area contributed by atoms with Gasteiger partial charge in [-0.05, 0) is 38.2 Å². The van der Waals surface area contributed by atoms with Gasteiger partial charge in [0.2, 0.25) is 0 Å². The monoisotopic (exact) mass is 147 g/mol. The molecule has 11 heavy (non-hydrogen) atoms. The third kappa shape index (κ3) is 4.60. The highest BCUT2D eigenvalue weighted by Crippen LogP contribution is 2.03. The Hall–Kier alpha value is -0.780. The van der Waals surface area contributed by atoms with Crippen molar-refractivity contribution in [3.63, 3.8) is 0 Å². The predicted octanol–water partition coefficient (Wildman–Crippen LogP) is 3.42. The fourth-order valence-electron chi connectivity index (χ4n) is 1.09. The number of rotatable bonds is 0. The minimum absolute atomic E-state index is 0.963. The molecule has 1 aliphatic carbocycles. The van der Waals surface area contributed by atoms with E-state index in [0.717, 1.165) is 6.42 Å². The Morgan fingerprint density at radius 3 is 2.64 bits per heavy atom. The molecule has 0 fully saturated rings. The maximum absolute atomic E-state index is 3.18. The lowest BCUT2D eigenvalue weighted by Gasteiger charge is -1.90. The first-order chi connectivity index (χ1) is 5.50. The largest absolute Gasteiger partial charge is 0.0882 e. The zero-order chi connectivity index (χ0) is 7.78. The van der Waals surface area contributed by atoms with Crippen molar-refractivity contribution in [2.75, 3.05) is 0 Å². The van der Waals surface area contributed by atoms with Gasteiger partial charge in [-0.25, -0.2) is 0 Å². The number of hydrogen-bond acceptors (Lipinski definition) is 0.